The molecule has 0 aliphatic heterocycles. The van der Waals surface area contributed by atoms with Gasteiger partial charge in [-0.25, -0.2) is 0 Å². The average Bonchev–Trinajstić information content (AvgIpc) is 2.65. The Balaban J connectivity index is 2.01. The first-order chi connectivity index (χ1) is 12.9. The fourth-order valence-corrected chi connectivity index (χ4v) is 2.93. The van der Waals surface area contributed by atoms with Crippen molar-refractivity contribution < 1.29 is 24.2 Å². The molecular formula is C21H25NO5. The molecule has 0 bridgehead atoms. The van der Waals surface area contributed by atoms with Crippen molar-refractivity contribution in [2.45, 2.75) is 19.8 Å². The summed E-state index contributed by atoms with van der Waals surface area (Å²) >= 11 is 0. The Morgan fingerprint density at radius 1 is 1.07 bits per heavy atom. The minimum Gasteiger partial charge on any atom is -0.496 e. The second-order valence-electron chi connectivity index (χ2n) is 6.35. The van der Waals surface area contributed by atoms with E-state index in [1.165, 1.54) is 14.2 Å². The maximum absolute atomic E-state index is 12.4. The number of carboxylic acids is 1. The molecule has 1 unspecified atom stereocenters. The van der Waals surface area contributed by atoms with Gasteiger partial charge < -0.3 is 19.9 Å². The van der Waals surface area contributed by atoms with Gasteiger partial charge in [0.1, 0.15) is 11.5 Å². The highest BCUT2D eigenvalue weighted by molar-refractivity contribution is 5.81. The summed E-state index contributed by atoms with van der Waals surface area (Å²) in [5.41, 5.74) is 2.64. The van der Waals surface area contributed by atoms with E-state index in [0.29, 0.717) is 23.5 Å². The molecule has 1 amide bonds. The van der Waals surface area contributed by atoms with Crippen LogP contribution in [0.5, 0.6) is 11.5 Å². The van der Waals surface area contributed by atoms with E-state index in [1.54, 1.807) is 18.2 Å². The number of aryl methyl sites for hydroxylation is 1. The maximum Gasteiger partial charge on any atom is 0.308 e. The summed E-state index contributed by atoms with van der Waals surface area (Å²) in [7, 11) is 3.05. The van der Waals surface area contributed by atoms with Crippen LogP contribution in [-0.4, -0.2) is 37.7 Å². The van der Waals surface area contributed by atoms with Gasteiger partial charge in [0.2, 0.25) is 5.91 Å². The molecular weight excluding hydrogens is 346 g/mol. The quantitative estimate of drug-likeness (QED) is 0.708. The fourth-order valence-electron chi connectivity index (χ4n) is 2.93. The van der Waals surface area contributed by atoms with Gasteiger partial charge in [0.15, 0.2) is 0 Å². The summed E-state index contributed by atoms with van der Waals surface area (Å²) < 4.78 is 10.6. The number of hydrogen-bond donors (Lipinski definition) is 2. The van der Waals surface area contributed by atoms with Gasteiger partial charge in [0, 0.05) is 12.1 Å². The molecule has 0 heterocycles. The molecule has 0 spiro atoms. The molecule has 1 atom stereocenters. The number of methoxy groups -OCH3 is 2. The van der Waals surface area contributed by atoms with Crippen LogP contribution in [0.2, 0.25) is 0 Å². The highest BCUT2D eigenvalue weighted by atomic mass is 16.5. The van der Waals surface area contributed by atoms with E-state index in [2.05, 4.69) is 5.32 Å². The van der Waals surface area contributed by atoms with Crippen LogP contribution in [0.1, 0.15) is 16.7 Å². The third-order valence-corrected chi connectivity index (χ3v) is 4.33. The molecule has 0 aliphatic carbocycles. The van der Waals surface area contributed by atoms with Gasteiger partial charge in [-0.05, 0) is 31.0 Å². The third kappa shape index (κ3) is 5.74. The highest BCUT2D eigenvalue weighted by Crippen LogP contribution is 2.28. The first kappa shape index (κ1) is 20.3. The van der Waals surface area contributed by atoms with Crippen molar-refractivity contribution in [1.29, 1.82) is 0 Å². The van der Waals surface area contributed by atoms with Crippen LogP contribution in [0.25, 0.3) is 0 Å². The number of hydrogen-bond acceptors (Lipinski definition) is 4. The van der Waals surface area contributed by atoms with Crippen molar-refractivity contribution in [2.24, 2.45) is 5.92 Å². The Labute approximate surface area is 159 Å². The Bertz CT molecular complexity index is 781. The predicted octanol–water partition coefficient (Wildman–Crippen LogP) is 2.61. The van der Waals surface area contributed by atoms with Gasteiger partial charge in [-0.1, -0.05) is 35.9 Å². The summed E-state index contributed by atoms with van der Waals surface area (Å²) in [4.78, 5) is 23.9. The Hall–Kier alpha value is -3.02. The molecule has 0 fully saturated rings. The zero-order chi connectivity index (χ0) is 19.8. The zero-order valence-corrected chi connectivity index (χ0v) is 15.8. The number of rotatable bonds is 9. The molecule has 6 heteroatoms. The summed E-state index contributed by atoms with van der Waals surface area (Å²) in [6.07, 6.45) is 0.402. The number of carbonyl (C=O) groups is 2. The van der Waals surface area contributed by atoms with Crippen molar-refractivity contribution >= 4 is 11.9 Å². The molecule has 2 N–H and O–H groups in total. The van der Waals surface area contributed by atoms with Crippen LogP contribution < -0.4 is 14.8 Å². The first-order valence-electron chi connectivity index (χ1n) is 8.69. The molecule has 2 aromatic rings. The SMILES string of the molecule is COc1cccc(OC)c1CC(=O)NCC(Cc1cccc(C)c1)C(=O)O. The Morgan fingerprint density at radius 2 is 1.70 bits per heavy atom. The molecule has 0 aromatic heterocycles. The van der Waals surface area contributed by atoms with Gasteiger partial charge in [0.05, 0.1) is 26.6 Å². The van der Waals surface area contributed by atoms with Crippen LogP contribution in [0.15, 0.2) is 42.5 Å². The number of carbonyl (C=O) groups excluding carboxylic acids is 1. The van der Waals surface area contributed by atoms with Gasteiger partial charge in [-0.2, -0.15) is 0 Å². The highest BCUT2D eigenvalue weighted by Gasteiger charge is 2.20. The van der Waals surface area contributed by atoms with Crippen LogP contribution in [0.3, 0.4) is 0 Å². The van der Waals surface area contributed by atoms with E-state index in [-0.39, 0.29) is 18.9 Å². The molecule has 0 saturated heterocycles. The summed E-state index contributed by atoms with van der Waals surface area (Å²) in [6.45, 7) is 2.02. The molecule has 0 saturated carbocycles. The number of ether oxygens (including phenoxy) is 2. The van der Waals surface area contributed by atoms with Crippen molar-refractivity contribution in [3.63, 3.8) is 0 Å². The molecule has 0 radical (unpaired) electrons. The number of carboxylic acid groups (broad SMARTS) is 1. The zero-order valence-electron chi connectivity index (χ0n) is 15.8. The van der Waals surface area contributed by atoms with E-state index < -0.39 is 11.9 Å². The topological polar surface area (TPSA) is 84.9 Å². The molecule has 2 aromatic carbocycles. The number of amides is 1. The summed E-state index contributed by atoms with van der Waals surface area (Å²) in [5.74, 6) is -0.812. The first-order valence-corrected chi connectivity index (χ1v) is 8.69. The van der Waals surface area contributed by atoms with E-state index in [9.17, 15) is 14.7 Å². The maximum atomic E-state index is 12.4. The molecule has 0 aliphatic rings. The number of nitrogens with one attached hydrogen (secondary N) is 1. The lowest BCUT2D eigenvalue weighted by molar-refractivity contribution is -0.141. The van der Waals surface area contributed by atoms with Gasteiger partial charge >= 0.3 is 5.97 Å². The smallest absolute Gasteiger partial charge is 0.308 e. The van der Waals surface area contributed by atoms with Crippen molar-refractivity contribution in [3.05, 3.63) is 59.2 Å². The minimum absolute atomic E-state index is 0.0456. The standard InChI is InChI=1S/C21H25NO5/c1-14-6-4-7-15(10-14)11-16(21(24)25)13-22-20(23)12-17-18(26-2)8-5-9-19(17)27-3/h4-10,16H,11-13H2,1-3H3,(H,22,23)(H,24,25). The van der Waals surface area contributed by atoms with E-state index >= 15 is 0 Å². The largest absolute Gasteiger partial charge is 0.496 e. The van der Waals surface area contributed by atoms with Crippen LogP contribution in [-0.2, 0) is 22.4 Å². The number of aliphatic carboxylic acids is 1. The predicted molar refractivity (Wildman–Crippen MR) is 102 cm³/mol. The van der Waals surface area contributed by atoms with Crippen molar-refractivity contribution in [2.75, 3.05) is 20.8 Å². The fraction of sp³-hybridized carbons (Fsp3) is 0.333. The molecule has 144 valence electrons. The Morgan fingerprint density at radius 3 is 2.26 bits per heavy atom. The van der Waals surface area contributed by atoms with Crippen LogP contribution in [0, 0.1) is 12.8 Å². The van der Waals surface area contributed by atoms with E-state index in [1.807, 2.05) is 31.2 Å². The number of benzene rings is 2. The van der Waals surface area contributed by atoms with Gasteiger partial charge in [-0.15, -0.1) is 0 Å². The Kier molecular flexibility index (Phi) is 7.23. The van der Waals surface area contributed by atoms with Crippen LogP contribution in [0.4, 0.5) is 0 Å². The third-order valence-electron chi connectivity index (χ3n) is 4.33. The van der Waals surface area contributed by atoms with Crippen molar-refractivity contribution in [3.8, 4) is 11.5 Å². The normalized spacial score (nSPS) is 11.5. The minimum atomic E-state index is -0.938. The lowest BCUT2D eigenvalue weighted by Gasteiger charge is -2.16. The summed E-state index contributed by atoms with van der Waals surface area (Å²) in [5, 5.41) is 12.2. The lowest BCUT2D eigenvalue weighted by Crippen LogP contribution is -2.35. The lowest BCUT2D eigenvalue weighted by atomic mass is 9.98. The van der Waals surface area contributed by atoms with E-state index in [4.69, 9.17) is 9.47 Å². The second-order valence-corrected chi connectivity index (χ2v) is 6.35. The monoisotopic (exact) mass is 371 g/mol. The summed E-state index contributed by atoms with van der Waals surface area (Å²) in [6, 6.07) is 13.0. The van der Waals surface area contributed by atoms with Gasteiger partial charge in [0.25, 0.3) is 0 Å². The molecule has 6 nitrogen and oxygen atoms in total. The van der Waals surface area contributed by atoms with Crippen LogP contribution >= 0.6 is 0 Å². The van der Waals surface area contributed by atoms with Gasteiger partial charge in [-0.3, -0.25) is 9.59 Å². The molecule has 2 rings (SSSR count). The second kappa shape index (κ2) is 9.62. The average molecular weight is 371 g/mol. The molecule has 27 heavy (non-hydrogen) atoms. The van der Waals surface area contributed by atoms with Crippen molar-refractivity contribution in [1.82, 2.24) is 5.32 Å². The van der Waals surface area contributed by atoms with E-state index in [0.717, 1.165) is 11.1 Å².